The van der Waals surface area contributed by atoms with E-state index >= 15 is 0 Å². The fourth-order valence-electron chi connectivity index (χ4n) is 11.4. The first-order valence-electron chi connectivity index (χ1n) is 28.3. The highest BCUT2D eigenvalue weighted by atomic mass is 32.3. The third-order valence-electron chi connectivity index (χ3n) is 16.6. The molecule has 0 radical (unpaired) electrons. The predicted molar refractivity (Wildman–Crippen MR) is 287 cm³/mol. The molecule has 8 rings (SSSR count). The Balaban J connectivity index is 0.000000264. The maximum atomic E-state index is 11.1. The van der Waals surface area contributed by atoms with E-state index in [0.717, 1.165) is 0 Å². The highest BCUT2D eigenvalue weighted by Crippen LogP contribution is 2.37. The SMILES string of the molecule is NC[C@@H]1O[C@H](O[C@H]2[C@@H](O)[C@H](O[C@@H]3[C@@H](O)[C@H](N)C[C@H](N)[C@H]3O[C@H]3O[C@H](CO)[C@@H](O)[C@H](O)[C@H]3N)O[C@@H]2CO)[C@H](N)[C@@H](O)[C@@H]1O.NC[C@@H]1O[C@H](O[C@H]2[C@@H](O)[C@H](O[C@@H]3[C@@H](O)[C@H](N)C[C@H](N)[C@H]3O[C@H]3O[C@H](CO)[C@@H](O)[C@H](O)[C@H]3N)O[C@@H]2CO)[C@H](N)[C@@H](O)[C@@H]1O.O=S(=O)(O)O. The molecule has 42 nitrogen and oxygen atoms in total. The summed E-state index contributed by atoms with van der Waals surface area (Å²) in [5.74, 6) is 0. The van der Waals surface area contributed by atoms with Crippen molar-refractivity contribution in [2.24, 2.45) is 57.3 Å². The average molecular weight is 1330 g/mol. The van der Waals surface area contributed by atoms with Gasteiger partial charge in [0.2, 0.25) is 0 Å². The van der Waals surface area contributed by atoms with Crippen molar-refractivity contribution in [1.29, 1.82) is 0 Å². The molecule has 524 valence electrons. The highest BCUT2D eigenvalue weighted by molar-refractivity contribution is 7.79. The molecule has 0 amide bonds. The number of aliphatic hydroxyl groups excluding tert-OH is 16. The molecule has 0 unspecified atom stereocenters. The Morgan fingerprint density at radius 1 is 0.303 bits per heavy atom. The molecule has 38 N–H and O–H groups in total. The van der Waals surface area contributed by atoms with Gasteiger partial charge in [-0.3, -0.25) is 9.11 Å². The molecule has 38 atom stereocenters. The van der Waals surface area contributed by atoms with E-state index in [-0.39, 0.29) is 25.9 Å². The van der Waals surface area contributed by atoms with Gasteiger partial charge in [-0.05, 0) is 12.8 Å². The smallest absolute Gasteiger partial charge is 0.394 e. The van der Waals surface area contributed by atoms with Gasteiger partial charge in [-0.15, -0.1) is 0 Å². The van der Waals surface area contributed by atoms with E-state index in [4.69, 9.17) is 132 Å². The molecule has 2 saturated carbocycles. The van der Waals surface area contributed by atoms with Crippen LogP contribution in [-0.2, 0) is 67.2 Å². The van der Waals surface area contributed by atoms with Crippen molar-refractivity contribution in [3.63, 3.8) is 0 Å². The molecule has 43 heteroatoms. The van der Waals surface area contributed by atoms with Crippen LogP contribution in [0.5, 0.6) is 0 Å². The second kappa shape index (κ2) is 32.9. The lowest BCUT2D eigenvalue weighted by molar-refractivity contribution is -0.310. The van der Waals surface area contributed by atoms with Gasteiger partial charge in [-0.1, -0.05) is 0 Å². The van der Waals surface area contributed by atoms with Crippen molar-refractivity contribution in [3.8, 4) is 0 Å². The Morgan fingerprint density at radius 3 is 0.787 bits per heavy atom. The second-order valence-corrected chi connectivity index (χ2v) is 23.7. The largest absolute Gasteiger partial charge is 0.394 e. The number of hydrogen-bond donors (Lipinski definition) is 28. The van der Waals surface area contributed by atoms with Crippen LogP contribution in [0.3, 0.4) is 0 Å². The summed E-state index contributed by atoms with van der Waals surface area (Å²) in [6.45, 7) is -2.97. The van der Waals surface area contributed by atoms with Crippen molar-refractivity contribution in [1.82, 2.24) is 0 Å². The Labute approximate surface area is 507 Å². The van der Waals surface area contributed by atoms with Crippen molar-refractivity contribution in [2.45, 2.75) is 245 Å². The molecular weight excluding hydrogens is 1240 g/mol. The third kappa shape index (κ3) is 17.7. The maximum Gasteiger partial charge on any atom is 0.394 e. The van der Waals surface area contributed by atoms with Crippen molar-refractivity contribution in [2.75, 3.05) is 39.5 Å². The first-order chi connectivity index (χ1) is 41.7. The highest BCUT2D eigenvalue weighted by Gasteiger charge is 2.57. The summed E-state index contributed by atoms with van der Waals surface area (Å²) in [6, 6.07) is -8.60. The standard InChI is InChI=1S/2C23H45N5O14.H2O4S/c2*24-2-7-13(32)15(34)10(27)21(37-7)41-19-9(4-30)39-23(17(19)36)42-20-12(31)5(25)1-6(26)18(20)40-22-11(28)16(35)14(33)8(3-29)38-22;1-5(2,3)4/h2*5-23,29-36H,1-4,24-28H2;(H2,1,2,3,4)/t2*5-,6+,7+,8-,9-,10-,11-,12+,13-,14-,15-,16-,17-,18-,19-,20-,21-,22-,23+;/m11./s1. The Kier molecular flexibility index (Phi) is 28.2. The van der Waals surface area contributed by atoms with Crippen molar-refractivity contribution < 1.29 is 156 Å². The average Bonchev–Trinajstić information content (AvgIpc) is 2.55. The molecule has 0 aromatic carbocycles. The molecule has 6 aliphatic heterocycles. The van der Waals surface area contributed by atoms with Crippen LogP contribution in [-0.4, -0.2) is 371 Å². The van der Waals surface area contributed by atoms with Crippen LogP contribution in [0.25, 0.3) is 0 Å². The summed E-state index contributed by atoms with van der Waals surface area (Å²) in [4.78, 5) is 0. The minimum absolute atomic E-state index is 0.0642. The predicted octanol–water partition coefficient (Wildman–Crippen LogP) is -18.4. The zero-order chi connectivity index (χ0) is 66.6. The number of hydrogen-bond acceptors (Lipinski definition) is 40. The lowest BCUT2D eigenvalue weighted by atomic mass is 9.84. The van der Waals surface area contributed by atoms with Gasteiger partial charge in [0.05, 0.1) is 62.8 Å². The molecular formula is C46H92N10O32S. The second-order valence-electron chi connectivity index (χ2n) is 22.8. The molecule has 8 aliphatic rings. The van der Waals surface area contributed by atoms with Gasteiger partial charge >= 0.3 is 10.4 Å². The van der Waals surface area contributed by atoms with Crippen molar-refractivity contribution in [3.05, 3.63) is 0 Å². The van der Waals surface area contributed by atoms with Gasteiger partial charge in [-0.25, -0.2) is 0 Å². The summed E-state index contributed by atoms with van der Waals surface area (Å²) < 4.78 is 100. The molecule has 0 aromatic heterocycles. The Hall–Kier alpha value is -1.65. The van der Waals surface area contributed by atoms with Gasteiger partial charge in [0, 0.05) is 37.3 Å². The van der Waals surface area contributed by atoms with Crippen LogP contribution in [0.1, 0.15) is 12.8 Å². The van der Waals surface area contributed by atoms with Crippen LogP contribution in [0.4, 0.5) is 0 Å². The summed E-state index contributed by atoms with van der Waals surface area (Å²) >= 11 is 0. The molecule has 8 fully saturated rings. The van der Waals surface area contributed by atoms with Crippen LogP contribution in [0, 0.1) is 0 Å². The van der Waals surface area contributed by atoms with E-state index in [0.29, 0.717) is 0 Å². The number of nitrogens with two attached hydrogens (primary N) is 10. The minimum Gasteiger partial charge on any atom is -0.394 e. The minimum atomic E-state index is -4.67. The summed E-state index contributed by atoms with van der Waals surface area (Å²) in [5.41, 5.74) is 59.8. The van der Waals surface area contributed by atoms with Crippen LogP contribution >= 0.6 is 0 Å². The Bertz CT molecular complexity index is 2100. The molecule has 0 aromatic rings. The molecule has 6 saturated heterocycles. The molecule has 0 bridgehead atoms. The maximum absolute atomic E-state index is 11.1. The molecule has 0 spiro atoms. The lowest BCUT2D eigenvalue weighted by Gasteiger charge is -2.47. The zero-order valence-electron chi connectivity index (χ0n) is 47.5. The van der Waals surface area contributed by atoms with E-state index in [1.807, 2.05) is 0 Å². The molecule has 2 aliphatic carbocycles. The fraction of sp³-hybridized carbons (Fsp3) is 1.00. The van der Waals surface area contributed by atoms with Gasteiger partial charge in [-0.2, -0.15) is 8.42 Å². The van der Waals surface area contributed by atoms with Gasteiger partial charge in [0.25, 0.3) is 0 Å². The Morgan fingerprint density at radius 2 is 0.528 bits per heavy atom. The summed E-state index contributed by atoms with van der Waals surface area (Å²) in [6.07, 6.45) is -41.0. The van der Waals surface area contributed by atoms with E-state index < -0.39 is 269 Å². The summed E-state index contributed by atoms with van der Waals surface area (Å²) in [5, 5.41) is 165. The normalized spacial score (nSPS) is 51.4. The first kappa shape index (κ1) is 76.4. The summed E-state index contributed by atoms with van der Waals surface area (Å²) in [7, 11) is -4.67. The van der Waals surface area contributed by atoms with Gasteiger partial charge in [0.15, 0.2) is 37.7 Å². The third-order valence-corrected chi connectivity index (χ3v) is 16.6. The lowest BCUT2D eigenvalue weighted by Crippen LogP contribution is -2.68. The molecule has 6 heterocycles. The van der Waals surface area contributed by atoms with E-state index in [1.54, 1.807) is 0 Å². The fourth-order valence-corrected chi connectivity index (χ4v) is 11.4. The van der Waals surface area contributed by atoms with E-state index in [2.05, 4.69) is 0 Å². The molecule has 89 heavy (non-hydrogen) atoms. The van der Waals surface area contributed by atoms with Gasteiger partial charge in [0.1, 0.15) is 134 Å². The number of aliphatic hydroxyl groups is 16. The first-order valence-corrected chi connectivity index (χ1v) is 29.7. The van der Waals surface area contributed by atoms with Crippen molar-refractivity contribution >= 4 is 10.4 Å². The van der Waals surface area contributed by atoms with Crippen LogP contribution in [0.15, 0.2) is 0 Å². The van der Waals surface area contributed by atoms with Crippen LogP contribution < -0.4 is 57.3 Å². The topological polar surface area (TPSA) is 769 Å². The van der Waals surface area contributed by atoms with Gasteiger partial charge < -0.3 is 196 Å². The van der Waals surface area contributed by atoms with Crippen LogP contribution in [0.2, 0.25) is 0 Å². The van der Waals surface area contributed by atoms with E-state index in [1.165, 1.54) is 0 Å². The number of ether oxygens (including phenoxy) is 12. The zero-order valence-corrected chi connectivity index (χ0v) is 48.4. The van der Waals surface area contributed by atoms with E-state index in [9.17, 15) is 81.7 Å². The quantitative estimate of drug-likeness (QED) is 0.0567. The monoisotopic (exact) mass is 1330 g/mol. The number of rotatable bonds is 18.